The predicted molar refractivity (Wildman–Crippen MR) is 79.8 cm³/mol. The van der Waals surface area contributed by atoms with Gasteiger partial charge in [-0.1, -0.05) is 39.9 Å². The Balaban J connectivity index is 1.92. The molecule has 0 fully saturated rings. The highest BCUT2D eigenvalue weighted by molar-refractivity contribution is 9.10. The largest absolute Gasteiger partial charge is 0.341 e. The zero-order chi connectivity index (χ0) is 14.4. The lowest BCUT2D eigenvalue weighted by Crippen LogP contribution is -2.23. The number of hydrogen-bond acceptors (Lipinski definition) is 1. The Morgan fingerprint density at radius 3 is 2.55 bits per heavy atom. The zero-order valence-corrected chi connectivity index (χ0v) is 12.1. The molecule has 0 aliphatic heterocycles. The van der Waals surface area contributed by atoms with Crippen molar-refractivity contribution in [1.82, 2.24) is 5.32 Å². The van der Waals surface area contributed by atoms with E-state index < -0.39 is 0 Å². The van der Waals surface area contributed by atoms with E-state index in [-0.39, 0.29) is 18.3 Å². The van der Waals surface area contributed by atoms with Gasteiger partial charge in [0.1, 0.15) is 5.82 Å². The molecular weight excluding hydrogens is 321 g/mol. The van der Waals surface area contributed by atoms with E-state index in [0.717, 1.165) is 4.47 Å². The summed E-state index contributed by atoms with van der Waals surface area (Å²) in [6, 6.07) is 13.3. The maximum atomic E-state index is 13.3. The normalized spacial score (nSPS) is 9.50. The Kier molecular flexibility index (Phi) is 4.91. The highest BCUT2D eigenvalue weighted by Gasteiger charge is 2.02. The third kappa shape index (κ3) is 3.94. The Bertz CT molecular complexity index is 671. The van der Waals surface area contributed by atoms with Crippen LogP contribution in [0.3, 0.4) is 0 Å². The fourth-order valence-electron chi connectivity index (χ4n) is 1.53. The molecule has 0 aliphatic carbocycles. The van der Waals surface area contributed by atoms with Crippen LogP contribution in [-0.4, -0.2) is 12.5 Å². The number of hydrogen-bond donors (Lipinski definition) is 1. The molecular formula is C16H11BrFNO. The van der Waals surface area contributed by atoms with Crippen molar-refractivity contribution in [3.8, 4) is 11.8 Å². The minimum absolute atomic E-state index is 0.170. The molecule has 0 saturated heterocycles. The van der Waals surface area contributed by atoms with Crippen LogP contribution in [0.25, 0.3) is 0 Å². The van der Waals surface area contributed by atoms with Gasteiger partial charge in [0.2, 0.25) is 0 Å². The summed E-state index contributed by atoms with van der Waals surface area (Å²) in [5, 5.41) is 2.66. The van der Waals surface area contributed by atoms with E-state index in [1.165, 1.54) is 6.07 Å². The van der Waals surface area contributed by atoms with Crippen LogP contribution in [-0.2, 0) is 0 Å². The molecule has 4 heteroatoms. The van der Waals surface area contributed by atoms with Crippen molar-refractivity contribution in [2.75, 3.05) is 6.54 Å². The summed E-state index contributed by atoms with van der Waals surface area (Å²) in [5.74, 6) is 4.84. The van der Waals surface area contributed by atoms with Gasteiger partial charge in [-0.25, -0.2) is 4.39 Å². The number of carbonyl (C=O) groups excluding carboxylic acids is 1. The first kappa shape index (κ1) is 14.3. The molecule has 100 valence electrons. The van der Waals surface area contributed by atoms with Gasteiger partial charge in [-0.05, 0) is 36.4 Å². The summed E-state index contributed by atoms with van der Waals surface area (Å²) in [7, 11) is 0. The molecule has 1 amide bonds. The lowest BCUT2D eigenvalue weighted by atomic mass is 10.2. The second kappa shape index (κ2) is 6.88. The molecule has 2 rings (SSSR count). The lowest BCUT2D eigenvalue weighted by Gasteiger charge is -2.01. The summed E-state index contributed by atoms with van der Waals surface area (Å²) in [5.41, 5.74) is 0.881. The summed E-state index contributed by atoms with van der Waals surface area (Å²) in [6.07, 6.45) is 0. The van der Waals surface area contributed by atoms with E-state index >= 15 is 0 Å². The molecule has 2 nitrogen and oxygen atoms in total. The summed E-state index contributed by atoms with van der Waals surface area (Å²) in [6.45, 7) is 0.170. The van der Waals surface area contributed by atoms with Gasteiger partial charge in [-0.3, -0.25) is 4.79 Å². The SMILES string of the molecule is O=C(NCC#Cc1ccccc1F)c1ccc(Br)cc1. The summed E-state index contributed by atoms with van der Waals surface area (Å²) >= 11 is 3.30. The maximum Gasteiger partial charge on any atom is 0.252 e. The van der Waals surface area contributed by atoms with E-state index in [0.29, 0.717) is 11.1 Å². The highest BCUT2D eigenvalue weighted by Crippen LogP contribution is 2.10. The monoisotopic (exact) mass is 331 g/mol. The molecule has 2 aromatic carbocycles. The summed E-state index contributed by atoms with van der Waals surface area (Å²) in [4.78, 5) is 11.8. The van der Waals surface area contributed by atoms with Crippen LogP contribution in [0.1, 0.15) is 15.9 Å². The van der Waals surface area contributed by atoms with Crippen molar-refractivity contribution in [2.45, 2.75) is 0 Å². The Hall–Kier alpha value is -2.12. The quantitative estimate of drug-likeness (QED) is 0.840. The Labute approximate surface area is 125 Å². The van der Waals surface area contributed by atoms with Gasteiger partial charge in [0.15, 0.2) is 0 Å². The predicted octanol–water partition coefficient (Wildman–Crippen LogP) is 3.37. The van der Waals surface area contributed by atoms with Gasteiger partial charge in [0.05, 0.1) is 12.1 Å². The van der Waals surface area contributed by atoms with Crippen molar-refractivity contribution in [3.63, 3.8) is 0 Å². The van der Waals surface area contributed by atoms with Gasteiger partial charge in [-0.15, -0.1) is 0 Å². The number of halogens is 2. The Morgan fingerprint density at radius 2 is 1.85 bits per heavy atom. The van der Waals surface area contributed by atoms with Gasteiger partial charge in [-0.2, -0.15) is 0 Å². The van der Waals surface area contributed by atoms with Crippen molar-refractivity contribution >= 4 is 21.8 Å². The molecule has 0 aromatic heterocycles. The van der Waals surface area contributed by atoms with Crippen LogP contribution in [0.2, 0.25) is 0 Å². The van der Waals surface area contributed by atoms with Crippen molar-refractivity contribution in [1.29, 1.82) is 0 Å². The number of rotatable bonds is 2. The molecule has 0 heterocycles. The molecule has 1 N–H and O–H groups in total. The molecule has 0 unspecified atom stereocenters. The van der Waals surface area contributed by atoms with Crippen LogP contribution >= 0.6 is 15.9 Å². The van der Waals surface area contributed by atoms with E-state index in [1.54, 1.807) is 42.5 Å². The number of carbonyl (C=O) groups is 1. The number of nitrogens with one attached hydrogen (secondary N) is 1. The number of amides is 1. The highest BCUT2D eigenvalue weighted by atomic mass is 79.9. The second-order valence-electron chi connectivity index (χ2n) is 3.97. The molecule has 20 heavy (non-hydrogen) atoms. The van der Waals surface area contributed by atoms with Gasteiger partial charge < -0.3 is 5.32 Å². The van der Waals surface area contributed by atoms with Crippen LogP contribution in [0.15, 0.2) is 53.0 Å². The molecule has 0 bridgehead atoms. The molecule has 0 spiro atoms. The van der Waals surface area contributed by atoms with Gasteiger partial charge >= 0.3 is 0 Å². The topological polar surface area (TPSA) is 29.1 Å². The van der Waals surface area contributed by atoms with Crippen molar-refractivity contribution in [2.24, 2.45) is 0 Å². The zero-order valence-electron chi connectivity index (χ0n) is 10.5. The summed E-state index contributed by atoms with van der Waals surface area (Å²) < 4.78 is 14.2. The molecule has 0 radical (unpaired) electrons. The van der Waals surface area contributed by atoms with E-state index in [2.05, 4.69) is 33.1 Å². The first-order valence-corrected chi connectivity index (χ1v) is 6.73. The smallest absolute Gasteiger partial charge is 0.252 e. The third-order valence-electron chi connectivity index (χ3n) is 2.54. The van der Waals surface area contributed by atoms with Crippen molar-refractivity contribution in [3.05, 3.63) is 69.9 Å². The first-order valence-electron chi connectivity index (χ1n) is 5.94. The van der Waals surface area contributed by atoms with E-state index in [9.17, 15) is 9.18 Å². The van der Waals surface area contributed by atoms with Gasteiger partial charge in [0, 0.05) is 10.0 Å². The van der Waals surface area contributed by atoms with E-state index in [1.807, 2.05) is 0 Å². The first-order chi connectivity index (χ1) is 9.66. The molecule has 2 aromatic rings. The fraction of sp³-hybridized carbons (Fsp3) is 0.0625. The van der Waals surface area contributed by atoms with Crippen molar-refractivity contribution < 1.29 is 9.18 Å². The van der Waals surface area contributed by atoms with Gasteiger partial charge in [0.25, 0.3) is 5.91 Å². The average molecular weight is 332 g/mol. The molecule has 0 atom stereocenters. The second-order valence-corrected chi connectivity index (χ2v) is 4.89. The third-order valence-corrected chi connectivity index (χ3v) is 3.07. The van der Waals surface area contributed by atoms with Crippen LogP contribution in [0.4, 0.5) is 4.39 Å². The maximum absolute atomic E-state index is 13.3. The molecule has 0 saturated carbocycles. The minimum atomic E-state index is -0.362. The van der Waals surface area contributed by atoms with Crippen LogP contribution in [0.5, 0.6) is 0 Å². The Morgan fingerprint density at radius 1 is 1.15 bits per heavy atom. The van der Waals surface area contributed by atoms with Crippen LogP contribution in [0, 0.1) is 17.7 Å². The minimum Gasteiger partial charge on any atom is -0.341 e. The molecule has 0 aliphatic rings. The van der Waals surface area contributed by atoms with E-state index in [4.69, 9.17) is 0 Å². The number of benzene rings is 2. The average Bonchev–Trinajstić information content (AvgIpc) is 2.46. The lowest BCUT2D eigenvalue weighted by molar-refractivity contribution is 0.0958. The fourth-order valence-corrected chi connectivity index (χ4v) is 1.79. The van der Waals surface area contributed by atoms with Crippen LogP contribution < -0.4 is 5.32 Å². The standard InChI is InChI=1S/C16H11BrFNO/c17-14-9-7-13(8-10-14)16(20)19-11-3-5-12-4-1-2-6-15(12)18/h1-2,4,6-10H,11H2,(H,19,20).